The minimum Gasteiger partial charge on any atom is -0.497 e. The monoisotopic (exact) mass is 259 g/mol. The standard InChI is InChI=1S/C14H14O2.BH2O2/c1-15-13-9-7-12(8-10-13)11-16-14-5-3-2-4-6-14;2-1-3/h2-10H,11H2,1H3;2-3H. The van der Waals surface area contributed by atoms with Crippen molar-refractivity contribution in [3.05, 3.63) is 60.2 Å². The van der Waals surface area contributed by atoms with Gasteiger partial charge in [0.1, 0.15) is 18.1 Å². The third-order valence-corrected chi connectivity index (χ3v) is 2.31. The van der Waals surface area contributed by atoms with E-state index in [1.165, 1.54) is 0 Å². The second-order valence-electron chi connectivity index (χ2n) is 3.57. The summed E-state index contributed by atoms with van der Waals surface area (Å²) in [4.78, 5) is 0. The molecule has 0 atom stereocenters. The molecule has 1 radical (unpaired) electrons. The molecule has 0 bridgehead atoms. The molecule has 0 amide bonds. The Morgan fingerprint density at radius 2 is 1.47 bits per heavy atom. The van der Waals surface area contributed by atoms with E-state index in [4.69, 9.17) is 19.5 Å². The van der Waals surface area contributed by atoms with Gasteiger partial charge >= 0.3 is 7.69 Å². The van der Waals surface area contributed by atoms with Crippen molar-refractivity contribution in [2.45, 2.75) is 6.61 Å². The number of benzene rings is 2. The maximum absolute atomic E-state index is 7.00. The molecule has 99 valence electrons. The maximum atomic E-state index is 7.00. The van der Waals surface area contributed by atoms with E-state index in [1.54, 1.807) is 7.11 Å². The van der Waals surface area contributed by atoms with E-state index in [1.807, 2.05) is 54.6 Å². The van der Waals surface area contributed by atoms with Crippen LogP contribution in [0.5, 0.6) is 11.5 Å². The SMILES string of the molecule is COc1ccc(COc2ccccc2)cc1.O[B]O. The normalized spacial score (nSPS) is 9.00. The highest BCUT2D eigenvalue weighted by Crippen LogP contribution is 2.14. The fraction of sp³-hybridized carbons (Fsp3) is 0.143. The fourth-order valence-electron chi connectivity index (χ4n) is 1.41. The molecule has 4 nitrogen and oxygen atoms in total. The lowest BCUT2D eigenvalue weighted by Gasteiger charge is -2.06. The molecule has 0 heterocycles. The first-order chi connectivity index (χ1) is 9.30. The number of ether oxygens (including phenoxy) is 2. The zero-order valence-electron chi connectivity index (χ0n) is 10.7. The molecule has 0 saturated carbocycles. The van der Waals surface area contributed by atoms with Crippen LogP contribution < -0.4 is 9.47 Å². The van der Waals surface area contributed by atoms with Crippen molar-refractivity contribution >= 4 is 7.69 Å². The molecule has 0 spiro atoms. The highest BCUT2D eigenvalue weighted by Gasteiger charge is 1.96. The molecule has 0 aromatic heterocycles. The van der Waals surface area contributed by atoms with Crippen molar-refractivity contribution in [2.75, 3.05) is 7.11 Å². The van der Waals surface area contributed by atoms with Crippen LogP contribution in [0.25, 0.3) is 0 Å². The van der Waals surface area contributed by atoms with E-state index in [-0.39, 0.29) is 7.69 Å². The number of hydrogen-bond donors (Lipinski definition) is 2. The minimum atomic E-state index is 0. The van der Waals surface area contributed by atoms with E-state index >= 15 is 0 Å². The number of para-hydroxylation sites is 1. The van der Waals surface area contributed by atoms with E-state index < -0.39 is 0 Å². The molecule has 2 N–H and O–H groups in total. The number of methoxy groups -OCH3 is 1. The van der Waals surface area contributed by atoms with Gasteiger partial charge in [-0.1, -0.05) is 30.3 Å². The second kappa shape index (κ2) is 9.02. The highest BCUT2D eigenvalue weighted by molar-refractivity contribution is 6.13. The number of hydrogen-bond acceptors (Lipinski definition) is 4. The molecule has 0 saturated heterocycles. The summed E-state index contributed by atoms with van der Waals surface area (Å²) in [7, 11) is 1.66. The van der Waals surface area contributed by atoms with Crippen LogP contribution in [-0.2, 0) is 6.61 Å². The van der Waals surface area contributed by atoms with Gasteiger partial charge in [0.25, 0.3) is 0 Å². The van der Waals surface area contributed by atoms with Crippen molar-refractivity contribution < 1.29 is 19.5 Å². The molecule has 2 aromatic carbocycles. The van der Waals surface area contributed by atoms with Crippen LogP contribution in [0, 0.1) is 0 Å². The fourth-order valence-corrected chi connectivity index (χ4v) is 1.41. The molecular formula is C14H16BO4. The van der Waals surface area contributed by atoms with Crippen LogP contribution in [0.15, 0.2) is 54.6 Å². The molecule has 2 rings (SSSR count). The predicted molar refractivity (Wildman–Crippen MR) is 74.0 cm³/mol. The quantitative estimate of drug-likeness (QED) is 0.821. The molecule has 0 aliphatic carbocycles. The highest BCUT2D eigenvalue weighted by atomic mass is 16.5. The third-order valence-electron chi connectivity index (χ3n) is 2.31. The van der Waals surface area contributed by atoms with Gasteiger partial charge in [0.15, 0.2) is 0 Å². The summed E-state index contributed by atoms with van der Waals surface area (Å²) in [6.45, 7) is 0.577. The molecule has 5 heteroatoms. The zero-order chi connectivity index (χ0) is 13.9. The minimum absolute atomic E-state index is 0. The third kappa shape index (κ3) is 5.95. The molecule has 2 aromatic rings. The predicted octanol–water partition coefficient (Wildman–Crippen LogP) is 1.78. The Balaban J connectivity index is 0.000000550. The molecule has 19 heavy (non-hydrogen) atoms. The topological polar surface area (TPSA) is 58.9 Å². The summed E-state index contributed by atoms with van der Waals surface area (Å²) in [6.07, 6.45) is 0. The first kappa shape index (κ1) is 15.1. The summed E-state index contributed by atoms with van der Waals surface area (Å²) >= 11 is 0. The van der Waals surface area contributed by atoms with Crippen LogP contribution in [0.1, 0.15) is 5.56 Å². The van der Waals surface area contributed by atoms with Crippen LogP contribution in [0.4, 0.5) is 0 Å². The van der Waals surface area contributed by atoms with Crippen LogP contribution in [-0.4, -0.2) is 24.8 Å². The molecule has 0 unspecified atom stereocenters. The van der Waals surface area contributed by atoms with Crippen molar-refractivity contribution in [1.29, 1.82) is 0 Å². The molecule has 0 aliphatic heterocycles. The Morgan fingerprint density at radius 1 is 0.895 bits per heavy atom. The molecule has 0 fully saturated rings. The first-order valence-corrected chi connectivity index (χ1v) is 5.71. The van der Waals surface area contributed by atoms with E-state index in [0.717, 1.165) is 17.1 Å². The Morgan fingerprint density at radius 3 is 2.00 bits per heavy atom. The average Bonchev–Trinajstić information content (AvgIpc) is 2.47. The largest absolute Gasteiger partial charge is 0.497 e. The van der Waals surface area contributed by atoms with Gasteiger partial charge in [-0.25, -0.2) is 0 Å². The first-order valence-electron chi connectivity index (χ1n) is 5.71. The number of rotatable bonds is 4. The lowest BCUT2D eigenvalue weighted by Crippen LogP contribution is -1.95. The van der Waals surface area contributed by atoms with Gasteiger partial charge in [-0.05, 0) is 29.8 Å². The maximum Gasteiger partial charge on any atom is 0.482 e. The Labute approximate surface area is 113 Å². The Bertz CT molecular complexity index is 445. The average molecular weight is 259 g/mol. The van der Waals surface area contributed by atoms with Gasteiger partial charge in [-0.15, -0.1) is 0 Å². The van der Waals surface area contributed by atoms with Crippen LogP contribution in [0.3, 0.4) is 0 Å². The second-order valence-corrected chi connectivity index (χ2v) is 3.57. The van der Waals surface area contributed by atoms with Crippen molar-refractivity contribution in [3.63, 3.8) is 0 Å². The van der Waals surface area contributed by atoms with Crippen LogP contribution >= 0.6 is 0 Å². The van der Waals surface area contributed by atoms with Crippen LogP contribution in [0.2, 0.25) is 0 Å². The summed E-state index contributed by atoms with van der Waals surface area (Å²) in [5.41, 5.74) is 1.13. The summed E-state index contributed by atoms with van der Waals surface area (Å²) in [5, 5.41) is 14.0. The van der Waals surface area contributed by atoms with Gasteiger partial charge < -0.3 is 19.5 Å². The smallest absolute Gasteiger partial charge is 0.482 e. The summed E-state index contributed by atoms with van der Waals surface area (Å²) in [5.74, 6) is 1.75. The summed E-state index contributed by atoms with van der Waals surface area (Å²) in [6, 6.07) is 17.7. The van der Waals surface area contributed by atoms with Gasteiger partial charge in [-0.2, -0.15) is 0 Å². The van der Waals surface area contributed by atoms with Gasteiger partial charge in [-0.3, -0.25) is 0 Å². The van der Waals surface area contributed by atoms with Gasteiger partial charge in [0.05, 0.1) is 7.11 Å². The molecule has 0 aliphatic rings. The lowest BCUT2D eigenvalue weighted by atomic mass is 10.2. The molecular weight excluding hydrogens is 243 g/mol. The van der Waals surface area contributed by atoms with Gasteiger partial charge in [0, 0.05) is 0 Å². The van der Waals surface area contributed by atoms with E-state index in [0.29, 0.717) is 6.61 Å². The lowest BCUT2D eigenvalue weighted by molar-refractivity contribution is 0.306. The zero-order valence-corrected chi connectivity index (χ0v) is 10.7. The summed E-state index contributed by atoms with van der Waals surface area (Å²) < 4.78 is 10.7. The van der Waals surface area contributed by atoms with E-state index in [2.05, 4.69) is 0 Å². The Hall–Kier alpha value is -1.98. The van der Waals surface area contributed by atoms with Crippen molar-refractivity contribution in [1.82, 2.24) is 0 Å². The Kier molecular flexibility index (Phi) is 7.16. The van der Waals surface area contributed by atoms with E-state index in [9.17, 15) is 0 Å². The van der Waals surface area contributed by atoms with Gasteiger partial charge in [0.2, 0.25) is 0 Å². The van der Waals surface area contributed by atoms with Crippen molar-refractivity contribution in [2.24, 2.45) is 0 Å². The van der Waals surface area contributed by atoms with Crippen molar-refractivity contribution in [3.8, 4) is 11.5 Å².